The SMILES string of the molecule is CN(C)c1ccccc1N=Nc1cccc(CO)c1. The second kappa shape index (κ2) is 6.11. The second-order valence-electron chi connectivity index (χ2n) is 4.41. The van der Waals surface area contributed by atoms with E-state index in [1.165, 1.54) is 0 Å². The Morgan fingerprint density at radius 2 is 1.79 bits per heavy atom. The van der Waals surface area contributed by atoms with Crippen LogP contribution in [0.2, 0.25) is 0 Å². The van der Waals surface area contributed by atoms with Gasteiger partial charge in [0, 0.05) is 14.1 Å². The fraction of sp³-hybridized carbons (Fsp3) is 0.200. The van der Waals surface area contributed by atoms with Gasteiger partial charge in [0.05, 0.1) is 18.0 Å². The van der Waals surface area contributed by atoms with Gasteiger partial charge in [0.2, 0.25) is 0 Å². The van der Waals surface area contributed by atoms with Crippen molar-refractivity contribution in [3.8, 4) is 0 Å². The molecule has 0 spiro atoms. The minimum absolute atomic E-state index is 0.0116. The van der Waals surface area contributed by atoms with Crippen LogP contribution in [0.3, 0.4) is 0 Å². The molecule has 4 heteroatoms. The summed E-state index contributed by atoms with van der Waals surface area (Å²) in [5, 5.41) is 17.6. The normalized spacial score (nSPS) is 10.9. The first-order chi connectivity index (χ1) is 9.20. The van der Waals surface area contributed by atoms with Crippen LogP contribution in [0.1, 0.15) is 5.56 Å². The molecule has 0 heterocycles. The van der Waals surface area contributed by atoms with Gasteiger partial charge in [-0.1, -0.05) is 24.3 Å². The molecule has 98 valence electrons. The minimum Gasteiger partial charge on any atom is -0.392 e. The lowest BCUT2D eigenvalue weighted by molar-refractivity contribution is 0.282. The molecule has 1 N–H and O–H groups in total. The van der Waals surface area contributed by atoms with Crippen molar-refractivity contribution in [2.45, 2.75) is 6.61 Å². The van der Waals surface area contributed by atoms with E-state index in [-0.39, 0.29) is 6.61 Å². The van der Waals surface area contributed by atoms with Gasteiger partial charge in [-0.3, -0.25) is 0 Å². The van der Waals surface area contributed by atoms with Crippen LogP contribution < -0.4 is 4.90 Å². The fourth-order valence-corrected chi connectivity index (χ4v) is 1.76. The molecule has 0 saturated carbocycles. The summed E-state index contributed by atoms with van der Waals surface area (Å²) in [5.74, 6) is 0. The number of azo groups is 1. The Morgan fingerprint density at radius 1 is 1.00 bits per heavy atom. The summed E-state index contributed by atoms with van der Waals surface area (Å²) < 4.78 is 0. The Labute approximate surface area is 113 Å². The third-order valence-electron chi connectivity index (χ3n) is 2.73. The lowest BCUT2D eigenvalue weighted by Crippen LogP contribution is -2.08. The van der Waals surface area contributed by atoms with Crippen LogP contribution in [0.5, 0.6) is 0 Å². The predicted octanol–water partition coefficient (Wildman–Crippen LogP) is 3.66. The van der Waals surface area contributed by atoms with E-state index >= 15 is 0 Å². The molecule has 2 aromatic rings. The maximum absolute atomic E-state index is 9.09. The van der Waals surface area contributed by atoms with Crippen LogP contribution in [0, 0.1) is 0 Å². The molecule has 4 nitrogen and oxygen atoms in total. The molecule has 2 rings (SSSR count). The summed E-state index contributed by atoms with van der Waals surface area (Å²) in [6.07, 6.45) is 0. The summed E-state index contributed by atoms with van der Waals surface area (Å²) in [7, 11) is 3.95. The number of aliphatic hydroxyl groups excluding tert-OH is 1. The van der Waals surface area contributed by atoms with Crippen molar-refractivity contribution in [2.75, 3.05) is 19.0 Å². The first-order valence-corrected chi connectivity index (χ1v) is 6.08. The Hall–Kier alpha value is -2.20. The number of hydrogen-bond acceptors (Lipinski definition) is 4. The van der Waals surface area contributed by atoms with E-state index in [0.29, 0.717) is 0 Å². The summed E-state index contributed by atoms with van der Waals surface area (Å²) in [6, 6.07) is 15.2. The summed E-state index contributed by atoms with van der Waals surface area (Å²) in [5.41, 5.74) is 3.41. The number of para-hydroxylation sites is 1. The number of aliphatic hydroxyl groups is 1. The van der Waals surface area contributed by atoms with Gasteiger partial charge in [-0.25, -0.2) is 0 Å². The molecule has 0 bridgehead atoms. The molecule has 0 atom stereocenters. The molecule has 0 unspecified atom stereocenters. The molecule has 0 aliphatic heterocycles. The van der Waals surface area contributed by atoms with Gasteiger partial charge < -0.3 is 10.0 Å². The fourth-order valence-electron chi connectivity index (χ4n) is 1.76. The van der Waals surface area contributed by atoms with Gasteiger partial charge in [0.15, 0.2) is 0 Å². The van der Waals surface area contributed by atoms with Crippen molar-refractivity contribution in [3.05, 3.63) is 54.1 Å². The largest absolute Gasteiger partial charge is 0.392 e. The second-order valence-corrected chi connectivity index (χ2v) is 4.41. The Kier molecular flexibility index (Phi) is 4.26. The van der Waals surface area contributed by atoms with Crippen molar-refractivity contribution < 1.29 is 5.11 Å². The zero-order valence-electron chi connectivity index (χ0n) is 11.1. The molecule has 19 heavy (non-hydrogen) atoms. The van der Waals surface area contributed by atoms with E-state index in [1.807, 2.05) is 67.5 Å². The molecule has 0 aliphatic carbocycles. The number of nitrogens with zero attached hydrogens (tertiary/aromatic N) is 3. The van der Waals surface area contributed by atoms with Crippen molar-refractivity contribution in [2.24, 2.45) is 10.2 Å². The zero-order valence-corrected chi connectivity index (χ0v) is 11.1. The van der Waals surface area contributed by atoms with Crippen LogP contribution in [0.15, 0.2) is 58.8 Å². The standard InChI is InChI=1S/C15H17N3O/c1-18(2)15-9-4-3-8-14(15)17-16-13-7-5-6-12(10-13)11-19/h3-10,19H,11H2,1-2H3. The third-order valence-corrected chi connectivity index (χ3v) is 2.73. The van der Waals surface area contributed by atoms with Crippen molar-refractivity contribution in [3.63, 3.8) is 0 Å². The quantitative estimate of drug-likeness (QED) is 0.847. The van der Waals surface area contributed by atoms with Gasteiger partial charge in [-0.2, -0.15) is 5.11 Å². The van der Waals surface area contributed by atoms with Gasteiger partial charge in [-0.15, -0.1) is 5.11 Å². The van der Waals surface area contributed by atoms with E-state index in [1.54, 1.807) is 0 Å². The van der Waals surface area contributed by atoms with E-state index in [4.69, 9.17) is 5.11 Å². The van der Waals surface area contributed by atoms with Gasteiger partial charge >= 0.3 is 0 Å². The molecule has 0 fully saturated rings. The monoisotopic (exact) mass is 255 g/mol. The number of anilines is 1. The van der Waals surface area contributed by atoms with Crippen LogP contribution in [0.4, 0.5) is 17.1 Å². The van der Waals surface area contributed by atoms with Gasteiger partial charge in [-0.05, 0) is 29.8 Å². The van der Waals surface area contributed by atoms with Crippen molar-refractivity contribution >= 4 is 17.1 Å². The maximum atomic E-state index is 9.09. The highest BCUT2D eigenvalue weighted by Gasteiger charge is 2.02. The molecule has 0 saturated heterocycles. The number of benzene rings is 2. The zero-order chi connectivity index (χ0) is 13.7. The summed E-state index contributed by atoms with van der Waals surface area (Å²) >= 11 is 0. The summed E-state index contributed by atoms with van der Waals surface area (Å²) in [6.45, 7) is 0.0116. The van der Waals surface area contributed by atoms with E-state index in [0.717, 1.165) is 22.6 Å². The molecule has 0 aromatic heterocycles. The Morgan fingerprint density at radius 3 is 2.53 bits per heavy atom. The Balaban J connectivity index is 2.27. The van der Waals surface area contributed by atoms with E-state index in [2.05, 4.69) is 10.2 Å². The molecular weight excluding hydrogens is 238 g/mol. The minimum atomic E-state index is 0.0116. The molecule has 0 radical (unpaired) electrons. The van der Waals surface area contributed by atoms with Crippen molar-refractivity contribution in [1.82, 2.24) is 0 Å². The topological polar surface area (TPSA) is 48.2 Å². The van der Waals surface area contributed by atoms with Crippen LogP contribution in [-0.4, -0.2) is 19.2 Å². The van der Waals surface area contributed by atoms with Crippen LogP contribution >= 0.6 is 0 Å². The first kappa shape index (κ1) is 13.2. The average molecular weight is 255 g/mol. The Bertz CT molecular complexity index is 579. The molecule has 0 aliphatic rings. The lowest BCUT2D eigenvalue weighted by atomic mass is 10.2. The molecule has 0 amide bonds. The first-order valence-electron chi connectivity index (χ1n) is 6.08. The highest BCUT2D eigenvalue weighted by atomic mass is 16.3. The van der Waals surface area contributed by atoms with E-state index < -0.39 is 0 Å². The van der Waals surface area contributed by atoms with Crippen LogP contribution in [0.25, 0.3) is 0 Å². The highest BCUT2D eigenvalue weighted by molar-refractivity contribution is 5.65. The van der Waals surface area contributed by atoms with Gasteiger partial charge in [0.25, 0.3) is 0 Å². The maximum Gasteiger partial charge on any atom is 0.109 e. The lowest BCUT2D eigenvalue weighted by Gasteiger charge is -2.13. The van der Waals surface area contributed by atoms with Gasteiger partial charge in [0.1, 0.15) is 5.69 Å². The molecule has 2 aromatic carbocycles. The molecular formula is C15H17N3O. The third kappa shape index (κ3) is 3.39. The number of hydrogen-bond donors (Lipinski definition) is 1. The van der Waals surface area contributed by atoms with E-state index in [9.17, 15) is 0 Å². The van der Waals surface area contributed by atoms with Crippen molar-refractivity contribution in [1.29, 1.82) is 0 Å². The predicted molar refractivity (Wildman–Crippen MR) is 77.3 cm³/mol. The number of rotatable bonds is 4. The smallest absolute Gasteiger partial charge is 0.109 e. The highest BCUT2D eigenvalue weighted by Crippen LogP contribution is 2.28. The average Bonchev–Trinajstić information content (AvgIpc) is 2.45. The van der Waals surface area contributed by atoms with Crippen LogP contribution in [-0.2, 0) is 6.61 Å². The summed E-state index contributed by atoms with van der Waals surface area (Å²) in [4.78, 5) is 2.00.